The van der Waals surface area contributed by atoms with Gasteiger partial charge in [0, 0.05) is 18.4 Å². The number of hydrogen-bond acceptors (Lipinski definition) is 2. The van der Waals surface area contributed by atoms with E-state index in [1.165, 1.54) is 31.3 Å². The Balaban J connectivity index is 1.68. The number of hydrogen-bond donors (Lipinski definition) is 0. The zero-order chi connectivity index (χ0) is 17.9. The molecule has 3 saturated carbocycles. The molecule has 4 rings (SSSR count). The summed E-state index contributed by atoms with van der Waals surface area (Å²) in [6.07, 6.45) is 16.8. The van der Waals surface area contributed by atoms with Crippen molar-refractivity contribution >= 4 is 5.78 Å². The van der Waals surface area contributed by atoms with Crippen LogP contribution in [0, 0.1) is 40.9 Å². The maximum atomic E-state index is 11.9. The van der Waals surface area contributed by atoms with E-state index in [9.17, 15) is 4.79 Å². The number of ether oxygens (including phenoxy) is 1. The highest BCUT2D eigenvalue weighted by molar-refractivity contribution is 5.91. The summed E-state index contributed by atoms with van der Waals surface area (Å²) in [6, 6.07) is 0. The lowest BCUT2D eigenvalue weighted by atomic mass is 9.46. The molecule has 0 unspecified atom stereocenters. The van der Waals surface area contributed by atoms with Crippen LogP contribution in [-0.2, 0) is 9.53 Å². The van der Waals surface area contributed by atoms with Crippen molar-refractivity contribution in [3.05, 3.63) is 11.6 Å². The van der Waals surface area contributed by atoms with Crippen molar-refractivity contribution in [2.24, 2.45) is 28.6 Å². The van der Waals surface area contributed by atoms with Crippen LogP contribution < -0.4 is 0 Å². The van der Waals surface area contributed by atoms with Crippen molar-refractivity contribution in [1.29, 1.82) is 0 Å². The number of carbonyl (C=O) groups is 1. The van der Waals surface area contributed by atoms with Gasteiger partial charge in [0.05, 0.1) is 0 Å². The standard InChI is InChI=1S/C23H32O2/c1-5-23(25-6-2)14-11-20-18-8-7-16-15-17(24)9-12-21(16,3)19(18)10-13-22(20,23)4/h1,15,18-20H,6-14H2,2-4H3/t18-,19+,20+,21+,22+,23+/m1/s1. The van der Waals surface area contributed by atoms with Gasteiger partial charge < -0.3 is 4.74 Å². The van der Waals surface area contributed by atoms with E-state index in [2.05, 4.69) is 26.7 Å². The topological polar surface area (TPSA) is 26.3 Å². The van der Waals surface area contributed by atoms with Crippen molar-refractivity contribution in [1.82, 2.24) is 0 Å². The monoisotopic (exact) mass is 340 g/mol. The number of carbonyl (C=O) groups excluding carboxylic acids is 1. The lowest BCUT2D eigenvalue weighted by Crippen LogP contribution is -2.55. The van der Waals surface area contributed by atoms with Gasteiger partial charge in [-0.1, -0.05) is 25.3 Å². The zero-order valence-corrected chi connectivity index (χ0v) is 16.1. The van der Waals surface area contributed by atoms with E-state index in [0.717, 1.165) is 31.6 Å². The molecule has 4 aliphatic carbocycles. The molecule has 0 heterocycles. The normalized spacial score (nSPS) is 48.8. The van der Waals surface area contributed by atoms with E-state index in [1.807, 2.05) is 6.08 Å². The number of rotatable bonds is 2. The van der Waals surface area contributed by atoms with E-state index in [1.54, 1.807) is 0 Å². The molecule has 25 heavy (non-hydrogen) atoms. The Hall–Kier alpha value is -1.07. The van der Waals surface area contributed by atoms with Gasteiger partial charge in [0.25, 0.3) is 0 Å². The Morgan fingerprint density at radius 3 is 2.64 bits per heavy atom. The summed E-state index contributed by atoms with van der Waals surface area (Å²) in [4.78, 5) is 11.9. The van der Waals surface area contributed by atoms with Crippen LogP contribution >= 0.6 is 0 Å². The molecule has 0 saturated heterocycles. The first-order valence-corrected chi connectivity index (χ1v) is 10.3. The Labute approximate surface area is 152 Å². The first-order chi connectivity index (χ1) is 11.9. The molecule has 2 nitrogen and oxygen atoms in total. The van der Waals surface area contributed by atoms with Gasteiger partial charge in [0.2, 0.25) is 0 Å². The maximum Gasteiger partial charge on any atom is 0.155 e. The Morgan fingerprint density at radius 1 is 1.16 bits per heavy atom. The van der Waals surface area contributed by atoms with Gasteiger partial charge >= 0.3 is 0 Å². The fourth-order valence-electron chi connectivity index (χ4n) is 7.32. The van der Waals surface area contributed by atoms with Crippen LogP contribution in [0.5, 0.6) is 0 Å². The molecule has 0 bridgehead atoms. The van der Waals surface area contributed by atoms with Crippen LogP contribution in [0.2, 0.25) is 0 Å². The van der Waals surface area contributed by atoms with Gasteiger partial charge in [-0.2, -0.15) is 0 Å². The fraction of sp³-hybridized carbons (Fsp3) is 0.783. The third-order valence-corrected chi connectivity index (χ3v) is 8.71. The molecule has 0 aromatic heterocycles. The Kier molecular flexibility index (Phi) is 3.97. The second-order valence-electron chi connectivity index (χ2n) is 9.37. The summed E-state index contributed by atoms with van der Waals surface area (Å²) in [5.74, 6) is 5.58. The van der Waals surface area contributed by atoms with Crippen LogP contribution in [0.4, 0.5) is 0 Å². The lowest BCUT2D eigenvalue weighted by Gasteiger charge is -2.59. The molecule has 0 N–H and O–H groups in total. The quantitative estimate of drug-likeness (QED) is 0.667. The van der Waals surface area contributed by atoms with E-state index in [-0.39, 0.29) is 16.4 Å². The van der Waals surface area contributed by atoms with E-state index in [4.69, 9.17) is 11.2 Å². The number of ketones is 1. The van der Waals surface area contributed by atoms with E-state index < -0.39 is 0 Å². The highest BCUT2D eigenvalue weighted by atomic mass is 16.5. The molecule has 6 atom stereocenters. The molecule has 0 aromatic rings. The number of allylic oxidation sites excluding steroid dienone is 1. The Morgan fingerprint density at radius 2 is 1.92 bits per heavy atom. The highest BCUT2D eigenvalue weighted by Gasteiger charge is 2.64. The fourth-order valence-corrected chi connectivity index (χ4v) is 7.32. The molecule has 0 spiro atoms. The van der Waals surface area contributed by atoms with Crippen molar-refractivity contribution in [3.63, 3.8) is 0 Å². The van der Waals surface area contributed by atoms with Gasteiger partial charge in [-0.25, -0.2) is 0 Å². The molecular weight excluding hydrogens is 308 g/mol. The molecule has 4 aliphatic rings. The minimum absolute atomic E-state index is 0.112. The molecule has 0 aliphatic heterocycles. The average Bonchev–Trinajstić information content (AvgIpc) is 2.89. The number of fused-ring (bicyclic) bond motifs is 5. The number of terminal acetylenes is 1. The predicted octanol–water partition coefficient (Wildman–Crippen LogP) is 4.93. The minimum Gasteiger partial charge on any atom is -0.362 e. The highest BCUT2D eigenvalue weighted by Crippen LogP contribution is 2.68. The zero-order valence-electron chi connectivity index (χ0n) is 16.1. The second-order valence-corrected chi connectivity index (χ2v) is 9.37. The van der Waals surface area contributed by atoms with Gasteiger partial charge in [-0.05, 0) is 81.1 Å². The van der Waals surface area contributed by atoms with Gasteiger partial charge in [0.15, 0.2) is 5.78 Å². The van der Waals surface area contributed by atoms with Crippen LogP contribution in [0.1, 0.15) is 72.1 Å². The first kappa shape index (κ1) is 17.3. The van der Waals surface area contributed by atoms with Crippen LogP contribution in [0.25, 0.3) is 0 Å². The van der Waals surface area contributed by atoms with Crippen molar-refractivity contribution in [2.75, 3.05) is 6.61 Å². The summed E-state index contributed by atoms with van der Waals surface area (Å²) in [7, 11) is 0. The van der Waals surface area contributed by atoms with E-state index in [0.29, 0.717) is 24.2 Å². The average molecular weight is 341 g/mol. The second kappa shape index (κ2) is 5.71. The van der Waals surface area contributed by atoms with Crippen molar-refractivity contribution in [3.8, 4) is 12.3 Å². The largest absolute Gasteiger partial charge is 0.362 e. The van der Waals surface area contributed by atoms with Gasteiger partial charge in [-0.15, -0.1) is 6.42 Å². The molecular formula is C23H32O2. The molecule has 0 radical (unpaired) electrons. The van der Waals surface area contributed by atoms with Crippen molar-refractivity contribution in [2.45, 2.75) is 77.7 Å². The molecule has 2 heteroatoms. The van der Waals surface area contributed by atoms with E-state index >= 15 is 0 Å². The molecule has 136 valence electrons. The van der Waals surface area contributed by atoms with Crippen LogP contribution in [-0.4, -0.2) is 18.0 Å². The summed E-state index contributed by atoms with van der Waals surface area (Å²) in [5.41, 5.74) is 1.43. The SMILES string of the molecule is C#C[C@]1(OCC)CC[C@H]2[C@@H]3CCC4=CC(=O)CC[C@]4(C)[C@H]3CC[C@@]21C. The molecule has 0 amide bonds. The van der Waals surface area contributed by atoms with Crippen LogP contribution in [0.15, 0.2) is 11.6 Å². The summed E-state index contributed by atoms with van der Waals surface area (Å²) < 4.78 is 6.25. The lowest BCUT2D eigenvalue weighted by molar-refractivity contribution is -0.129. The summed E-state index contributed by atoms with van der Waals surface area (Å²) in [6.45, 7) is 7.62. The third kappa shape index (κ3) is 2.18. The smallest absolute Gasteiger partial charge is 0.155 e. The first-order valence-electron chi connectivity index (χ1n) is 10.3. The minimum atomic E-state index is -0.364. The van der Waals surface area contributed by atoms with Gasteiger partial charge in [0.1, 0.15) is 5.60 Å². The maximum absolute atomic E-state index is 11.9. The summed E-state index contributed by atoms with van der Waals surface area (Å²) >= 11 is 0. The Bertz CT molecular complexity index is 655. The molecule has 3 fully saturated rings. The third-order valence-electron chi connectivity index (χ3n) is 8.71. The summed E-state index contributed by atoms with van der Waals surface area (Å²) in [5, 5.41) is 0. The predicted molar refractivity (Wildman–Crippen MR) is 99.9 cm³/mol. The van der Waals surface area contributed by atoms with Crippen LogP contribution in [0.3, 0.4) is 0 Å². The van der Waals surface area contributed by atoms with Crippen molar-refractivity contribution < 1.29 is 9.53 Å². The van der Waals surface area contributed by atoms with Gasteiger partial charge in [-0.3, -0.25) is 4.79 Å². The molecule has 0 aromatic carbocycles.